The van der Waals surface area contributed by atoms with Crippen LogP contribution in [0.3, 0.4) is 0 Å². The smallest absolute Gasteiger partial charge is 0.413 e. The Morgan fingerprint density at radius 1 is 1.38 bits per heavy atom. The van der Waals surface area contributed by atoms with E-state index in [4.69, 9.17) is 14.2 Å². The normalized spacial score (nSPS) is 21.6. The minimum atomic E-state index is -0.786. The third-order valence-corrected chi connectivity index (χ3v) is 2.85. The molecule has 120 valence electrons. The minimum absolute atomic E-state index is 0.308. The maximum absolute atomic E-state index is 12.3. The Labute approximate surface area is 126 Å². The molecule has 1 heterocycles. The van der Waals surface area contributed by atoms with Crippen LogP contribution < -0.4 is 0 Å². The summed E-state index contributed by atoms with van der Waals surface area (Å²) in [5, 5.41) is 0. The Kier molecular flexibility index (Phi) is 5.39. The number of amides is 1. The third kappa shape index (κ3) is 5.04. The average Bonchev–Trinajstić information content (AvgIpc) is 2.60. The number of carbonyl (C=O) groups is 2. The molecule has 1 fully saturated rings. The summed E-state index contributed by atoms with van der Waals surface area (Å²) < 4.78 is 15.8. The summed E-state index contributed by atoms with van der Waals surface area (Å²) in [6.07, 6.45) is 2.45. The first-order valence-corrected chi connectivity index (χ1v) is 7.08. The molecule has 1 aliphatic rings. The van der Waals surface area contributed by atoms with Gasteiger partial charge in [-0.05, 0) is 41.5 Å². The van der Waals surface area contributed by atoms with E-state index in [1.54, 1.807) is 47.6 Å². The quantitative estimate of drug-likeness (QED) is 0.591. The van der Waals surface area contributed by atoms with Crippen LogP contribution in [0.15, 0.2) is 12.2 Å². The second-order valence-corrected chi connectivity index (χ2v) is 6.29. The highest BCUT2D eigenvalue weighted by Gasteiger charge is 2.44. The van der Waals surface area contributed by atoms with Crippen molar-refractivity contribution in [1.29, 1.82) is 0 Å². The van der Waals surface area contributed by atoms with Crippen LogP contribution in [0.5, 0.6) is 0 Å². The number of nitrogens with zero attached hydrogens (tertiary/aromatic N) is 1. The molecular weight excluding hydrogens is 274 g/mol. The third-order valence-electron chi connectivity index (χ3n) is 2.85. The molecule has 0 unspecified atom stereocenters. The van der Waals surface area contributed by atoms with E-state index in [0.29, 0.717) is 13.2 Å². The fraction of sp³-hybridized carbons (Fsp3) is 0.733. The first kappa shape index (κ1) is 17.5. The molecule has 0 aliphatic carbocycles. The lowest BCUT2D eigenvalue weighted by Crippen LogP contribution is -2.49. The Morgan fingerprint density at radius 2 is 2.00 bits per heavy atom. The molecule has 0 spiro atoms. The minimum Gasteiger partial charge on any atom is -0.463 e. The van der Waals surface area contributed by atoms with Gasteiger partial charge in [0, 0.05) is 6.08 Å². The molecule has 1 amide bonds. The highest BCUT2D eigenvalue weighted by Crippen LogP contribution is 2.29. The Balaban J connectivity index is 2.84. The summed E-state index contributed by atoms with van der Waals surface area (Å²) in [5.74, 6) is -0.439. The van der Waals surface area contributed by atoms with Crippen LogP contribution in [0, 0.1) is 0 Å². The van der Waals surface area contributed by atoms with E-state index >= 15 is 0 Å². The topological polar surface area (TPSA) is 65.1 Å². The molecule has 1 saturated heterocycles. The van der Waals surface area contributed by atoms with Crippen molar-refractivity contribution in [2.24, 2.45) is 0 Å². The van der Waals surface area contributed by atoms with Crippen molar-refractivity contribution in [1.82, 2.24) is 4.90 Å². The van der Waals surface area contributed by atoms with E-state index < -0.39 is 23.4 Å². The maximum atomic E-state index is 12.3. The molecule has 0 bridgehead atoms. The van der Waals surface area contributed by atoms with Crippen molar-refractivity contribution in [3.05, 3.63) is 12.2 Å². The van der Waals surface area contributed by atoms with Gasteiger partial charge in [-0.2, -0.15) is 0 Å². The van der Waals surface area contributed by atoms with Gasteiger partial charge < -0.3 is 14.2 Å². The number of hydrogen-bond donors (Lipinski definition) is 0. The van der Waals surface area contributed by atoms with E-state index in [9.17, 15) is 9.59 Å². The van der Waals surface area contributed by atoms with Gasteiger partial charge in [-0.15, -0.1) is 0 Å². The number of hydrogen-bond acceptors (Lipinski definition) is 5. The molecule has 21 heavy (non-hydrogen) atoms. The van der Waals surface area contributed by atoms with Crippen molar-refractivity contribution in [3.8, 4) is 0 Å². The predicted octanol–water partition coefficient (Wildman–Crippen LogP) is 2.48. The standard InChI is InChI=1S/C15H25NO5/c1-7-19-12(17)9-8-11-10-20-15(5,6)16(11)13(18)21-14(2,3)4/h8-9,11H,7,10H2,1-6H3/b9-8+/t11-/m1/s1. The molecule has 1 rings (SSSR count). The molecule has 0 N–H and O–H groups in total. The molecule has 0 aromatic heterocycles. The van der Waals surface area contributed by atoms with Crippen molar-refractivity contribution in [2.45, 2.75) is 58.9 Å². The van der Waals surface area contributed by atoms with Gasteiger partial charge in [0.05, 0.1) is 19.3 Å². The van der Waals surface area contributed by atoms with Gasteiger partial charge in [0.2, 0.25) is 0 Å². The molecule has 0 aromatic carbocycles. The monoisotopic (exact) mass is 299 g/mol. The van der Waals surface area contributed by atoms with E-state index in [1.807, 2.05) is 0 Å². The molecule has 0 aromatic rings. The van der Waals surface area contributed by atoms with Gasteiger partial charge in [-0.3, -0.25) is 4.90 Å². The van der Waals surface area contributed by atoms with E-state index in [-0.39, 0.29) is 6.04 Å². The molecule has 1 atom stereocenters. The van der Waals surface area contributed by atoms with Gasteiger partial charge in [0.25, 0.3) is 0 Å². The summed E-state index contributed by atoms with van der Waals surface area (Å²) in [5.41, 5.74) is -1.38. The van der Waals surface area contributed by atoms with Crippen molar-refractivity contribution in [3.63, 3.8) is 0 Å². The van der Waals surface area contributed by atoms with Gasteiger partial charge >= 0.3 is 12.1 Å². The lowest BCUT2D eigenvalue weighted by Gasteiger charge is -2.34. The summed E-state index contributed by atoms with van der Waals surface area (Å²) >= 11 is 0. The van der Waals surface area contributed by atoms with Crippen molar-refractivity contribution >= 4 is 12.1 Å². The summed E-state index contributed by atoms with van der Waals surface area (Å²) in [6, 6.07) is -0.362. The van der Waals surface area contributed by atoms with Crippen LogP contribution in [0.1, 0.15) is 41.5 Å². The van der Waals surface area contributed by atoms with E-state index in [0.717, 1.165) is 0 Å². The van der Waals surface area contributed by atoms with Gasteiger partial charge in [0.1, 0.15) is 11.3 Å². The van der Waals surface area contributed by atoms with E-state index in [1.165, 1.54) is 11.0 Å². The van der Waals surface area contributed by atoms with Crippen LogP contribution in [0.4, 0.5) is 4.79 Å². The Hall–Kier alpha value is -1.56. The highest BCUT2D eigenvalue weighted by molar-refractivity contribution is 5.82. The van der Waals surface area contributed by atoms with Crippen LogP contribution >= 0.6 is 0 Å². The van der Waals surface area contributed by atoms with Crippen molar-refractivity contribution < 1.29 is 23.8 Å². The van der Waals surface area contributed by atoms with Crippen LogP contribution in [-0.4, -0.2) is 47.5 Å². The zero-order valence-electron chi connectivity index (χ0n) is 13.6. The number of rotatable bonds is 3. The zero-order valence-corrected chi connectivity index (χ0v) is 13.6. The predicted molar refractivity (Wildman–Crippen MR) is 77.7 cm³/mol. The van der Waals surface area contributed by atoms with Gasteiger partial charge in [-0.1, -0.05) is 6.08 Å². The molecule has 6 nitrogen and oxygen atoms in total. The van der Waals surface area contributed by atoms with Crippen LogP contribution in [-0.2, 0) is 19.0 Å². The summed E-state index contributed by atoms with van der Waals surface area (Å²) in [7, 11) is 0. The number of ether oxygens (including phenoxy) is 3. The molecule has 0 radical (unpaired) electrons. The Morgan fingerprint density at radius 3 is 2.52 bits per heavy atom. The van der Waals surface area contributed by atoms with Crippen LogP contribution in [0.25, 0.3) is 0 Å². The first-order valence-electron chi connectivity index (χ1n) is 7.08. The largest absolute Gasteiger partial charge is 0.463 e. The maximum Gasteiger partial charge on any atom is 0.413 e. The lowest BCUT2D eigenvalue weighted by molar-refractivity contribution is -0.137. The summed E-state index contributed by atoms with van der Waals surface area (Å²) in [4.78, 5) is 25.2. The fourth-order valence-electron chi connectivity index (χ4n) is 2.02. The first-order chi connectivity index (χ1) is 9.57. The summed E-state index contributed by atoms with van der Waals surface area (Å²) in [6.45, 7) is 11.3. The fourth-order valence-corrected chi connectivity index (χ4v) is 2.02. The molecule has 0 saturated carbocycles. The number of esters is 1. The second kappa shape index (κ2) is 6.47. The average molecular weight is 299 g/mol. The van der Waals surface area contributed by atoms with Crippen molar-refractivity contribution in [2.75, 3.05) is 13.2 Å². The molecular formula is C15H25NO5. The highest BCUT2D eigenvalue weighted by atomic mass is 16.6. The SMILES string of the molecule is CCOC(=O)/C=C/[C@@H]1COC(C)(C)N1C(=O)OC(C)(C)C. The Bertz CT molecular complexity index is 422. The molecule has 6 heteroatoms. The number of carbonyl (C=O) groups excluding carboxylic acids is 2. The zero-order chi connectivity index (χ0) is 16.3. The second-order valence-electron chi connectivity index (χ2n) is 6.29. The van der Waals surface area contributed by atoms with E-state index in [2.05, 4.69) is 0 Å². The van der Waals surface area contributed by atoms with Gasteiger partial charge in [0.15, 0.2) is 0 Å². The molecule has 1 aliphatic heterocycles. The lowest BCUT2D eigenvalue weighted by atomic mass is 10.2. The van der Waals surface area contributed by atoms with Crippen LogP contribution in [0.2, 0.25) is 0 Å². The van der Waals surface area contributed by atoms with Gasteiger partial charge in [-0.25, -0.2) is 9.59 Å².